The van der Waals surface area contributed by atoms with Crippen molar-refractivity contribution in [2.75, 3.05) is 0 Å². The Labute approximate surface area is 152 Å². The maximum atomic E-state index is 5.45. The Morgan fingerprint density at radius 3 is 2.73 bits per heavy atom. The van der Waals surface area contributed by atoms with Crippen molar-refractivity contribution in [2.45, 2.75) is 35.5 Å². The quantitative estimate of drug-likeness (QED) is 0.562. The number of rotatable bonds is 1. The highest BCUT2D eigenvalue weighted by molar-refractivity contribution is 9.10. The Morgan fingerprint density at radius 1 is 1.14 bits per heavy atom. The van der Waals surface area contributed by atoms with E-state index in [0.29, 0.717) is 5.92 Å². The van der Waals surface area contributed by atoms with Crippen molar-refractivity contribution in [2.24, 2.45) is 17.8 Å². The van der Waals surface area contributed by atoms with Gasteiger partial charge < -0.3 is 4.98 Å². The molecule has 1 N–H and O–H groups in total. The van der Waals surface area contributed by atoms with Crippen LogP contribution in [0.2, 0.25) is 0 Å². The third kappa shape index (κ3) is 2.05. The molecule has 2 aliphatic carbocycles. The van der Waals surface area contributed by atoms with Crippen molar-refractivity contribution in [3.8, 4) is 0 Å². The number of H-pyrrole nitrogens is 1. The van der Waals surface area contributed by atoms with Crippen LogP contribution >= 0.6 is 51.2 Å². The molecule has 5 heteroatoms. The van der Waals surface area contributed by atoms with E-state index in [0.717, 1.165) is 31.4 Å². The standard InChI is InChI=1S/C17H16BrNS3/c18-11-5-3-8(4-6-11)12-13-9-1-2-10(7-9)14(13)21-16-15(12)22-17(20)19-16/h3-6,9-10,12-14H,1-2,7H2,(H,19,20). The number of halogens is 1. The SMILES string of the molecule is S=c1[nH]c2c(s1)C(c1ccc(Br)cc1)C1C3CCC(C3)C1S2. The molecule has 0 saturated heterocycles. The molecule has 2 aromatic rings. The number of fused-ring (bicyclic) bond motifs is 6. The monoisotopic (exact) mass is 409 g/mol. The lowest BCUT2D eigenvalue weighted by atomic mass is 9.75. The molecule has 1 nitrogen and oxygen atoms in total. The van der Waals surface area contributed by atoms with E-state index in [1.54, 1.807) is 11.3 Å². The Bertz CT molecular complexity index is 778. The van der Waals surface area contributed by atoms with Crippen LogP contribution in [0.25, 0.3) is 0 Å². The van der Waals surface area contributed by atoms with Gasteiger partial charge in [0.2, 0.25) is 0 Å². The van der Waals surface area contributed by atoms with Crippen LogP contribution in [-0.4, -0.2) is 10.2 Å². The summed E-state index contributed by atoms with van der Waals surface area (Å²) >= 11 is 12.9. The Kier molecular flexibility index (Phi) is 3.37. The number of hydrogen-bond acceptors (Lipinski definition) is 3. The summed E-state index contributed by atoms with van der Waals surface area (Å²) in [6.07, 6.45) is 4.32. The normalized spacial score (nSPS) is 35.4. The van der Waals surface area contributed by atoms with Gasteiger partial charge in [-0.1, -0.05) is 28.1 Å². The van der Waals surface area contributed by atoms with E-state index < -0.39 is 0 Å². The van der Waals surface area contributed by atoms with Crippen LogP contribution < -0.4 is 0 Å². The average Bonchev–Trinajstić information content (AvgIpc) is 3.19. The summed E-state index contributed by atoms with van der Waals surface area (Å²) in [5.41, 5.74) is 1.47. The highest BCUT2D eigenvalue weighted by Gasteiger charge is 2.54. The van der Waals surface area contributed by atoms with Crippen molar-refractivity contribution in [1.82, 2.24) is 4.98 Å². The topological polar surface area (TPSA) is 15.8 Å². The fourth-order valence-electron chi connectivity index (χ4n) is 4.89. The number of nitrogens with one attached hydrogen (secondary N) is 1. The Hall–Kier alpha value is -0.100. The number of aromatic amines is 1. The zero-order valence-corrected chi connectivity index (χ0v) is 16.0. The highest BCUT2D eigenvalue weighted by atomic mass is 79.9. The van der Waals surface area contributed by atoms with Crippen LogP contribution in [0.3, 0.4) is 0 Å². The molecule has 114 valence electrons. The van der Waals surface area contributed by atoms with E-state index in [1.165, 1.54) is 34.7 Å². The van der Waals surface area contributed by atoms with Crippen molar-refractivity contribution < 1.29 is 0 Å². The van der Waals surface area contributed by atoms with Crippen LogP contribution in [0.1, 0.15) is 35.6 Å². The predicted molar refractivity (Wildman–Crippen MR) is 99.5 cm³/mol. The van der Waals surface area contributed by atoms with E-state index >= 15 is 0 Å². The summed E-state index contributed by atoms with van der Waals surface area (Å²) in [5, 5.41) is 2.15. The van der Waals surface area contributed by atoms with E-state index in [2.05, 4.69) is 56.9 Å². The molecule has 2 bridgehead atoms. The van der Waals surface area contributed by atoms with Gasteiger partial charge in [0, 0.05) is 20.5 Å². The molecule has 5 rings (SSSR count). The fourth-order valence-corrected chi connectivity index (χ4v) is 8.50. The summed E-state index contributed by atoms with van der Waals surface area (Å²) in [5.74, 6) is 3.19. The molecule has 1 aromatic carbocycles. The third-order valence-corrected chi connectivity index (χ3v) is 9.20. The maximum absolute atomic E-state index is 5.45. The number of benzene rings is 1. The molecule has 0 spiro atoms. The van der Waals surface area contributed by atoms with Gasteiger partial charge >= 0.3 is 0 Å². The number of thiazole rings is 1. The molecular formula is C17H16BrNS3. The first-order valence-electron chi connectivity index (χ1n) is 7.86. The van der Waals surface area contributed by atoms with Crippen molar-refractivity contribution >= 4 is 51.2 Å². The van der Waals surface area contributed by atoms with Crippen LogP contribution in [0.4, 0.5) is 0 Å². The van der Waals surface area contributed by atoms with E-state index in [1.807, 2.05) is 0 Å². The number of thioether (sulfide) groups is 1. The molecule has 2 fully saturated rings. The van der Waals surface area contributed by atoms with Gasteiger partial charge in [-0.15, -0.1) is 23.1 Å². The van der Waals surface area contributed by atoms with Crippen molar-refractivity contribution in [3.05, 3.63) is 43.1 Å². The second kappa shape index (κ2) is 5.20. The van der Waals surface area contributed by atoms with E-state index in [4.69, 9.17) is 12.2 Å². The summed E-state index contributed by atoms with van der Waals surface area (Å²) in [6.45, 7) is 0. The number of aromatic nitrogens is 1. The lowest BCUT2D eigenvalue weighted by molar-refractivity contribution is 0.307. The van der Waals surface area contributed by atoms with Gasteiger partial charge in [0.1, 0.15) is 0 Å². The molecule has 2 heterocycles. The molecule has 0 radical (unpaired) electrons. The smallest absolute Gasteiger partial charge is 0.159 e. The van der Waals surface area contributed by atoms with Gasteiger partial charge in [0.05, 0.1) is 5.03 Å². The fraction of sp³-hybridized carbons (Fsp3) is 0.471. The number of hydrogen-bond donors (Lipinski definition) is 1. The van der Waals surface area contributed by atoms with Crippen LogP contribution in [0.5, 0.6) is 0 Å². The molecule has 5 unspecified atom stereocenters. The molecule has 22 heavy (non-hydrogen) atoms. The van der Waals surface area contributed by atoms with Crippen LogP contribution in [0.15, 0.2) is 33.8 Å². The zero-order valence-electron chi connectivity index (χ0n) is 11.9. The maximum Gasteiger partial charge on any atom is 0.159 e. The lowest BCUT2D eigenvalue weighted by Crippen LogP contribution is -2.33. The van der Waals surface area contributed by atoms with Crippen molar-refractivity contribution in [3.63, 3.8) is 0 Å². The largest absolute Gasteiger partial charge is 0.332 e. The summed E-state index contributed by atoms with van der Waals surface area (Å²) < 4.78 is 2.10. The van der Waals surface area contributed by atoms with E-state index in [9.17, 15) is 0 Å². The summed E-state index contributed by atoms with van der Waals surface area (Å²) in [4.78, 5) is 4.96. The van der Waals surface area contributed by atoms with Crippen LogP contribution in [0, 0.1) is 21.7 Å². The third-order valence-electron chi connectivity index (χ3n) is 5.69. The van der Waals surface area contributed by atoms with Crippen molar-refractivity contribution in [1.29, 1.82) is 0 Å². The second-order valence-corrected chi connectivity index (χ2v) is 10.6. The summed E-state index contributed by atoms with van der Waals surface area (Å²) in [6, 6.07) is 8.98. The molecular weight excluding hydrogens is 394 g/mol. The molecule has 2 saturated carbocycles. The molecule has 1 aromatic heterocycles. The molecule has 5 atom stereocenters. The van der Waals surface area contributed by atoms with Gasteiger partial charge in [-0.3, -0.25) is 0 Å². The lowest BCUT2D eigenvalue weighted by Gasteiger charge is -2.40. The van der Waals surface area contributed by atoms with E-state index in [-0.39, 0.29) is 0 Å². The Balaban J connectivity index is 1.68. The minimum atomic E-state index is 0.544. The molecule has 3 aliphatic rings. The van der Waals surface area contributed by atoms with Gasteiger partial charge in [-0.05, 0) is 66.9 Å². The minimum Gasteiger partial charge on any atom is -0.332 e. The molecule has 1 aliphatic heterocycles. The Morgan fingerprint density at radius 2 is 1.91 bits per heavy atom. The first-order valence-corrected chi connectivity index (χ1v) is 10.8. The predicted octanol–water partition coefficient (Wildman–Crippen LogP) is 6.22. The first kappa shape index (κ1) is 14.3. The zero-order chi connectivity index (χ0) is 14.8. The van der Waals surface area contributed by atoms with Gasteiger partial charge in [0.25, 0.3) is 0 Å². The van der Waals surface area contributed by atoms with Gasteiger partial charge in [0.15, 0.2) is 3.95 Å². The highest BCUT2D eigenvalue weighted by Crippen LogP contribution is 2.64. The second-order valence-electron chi connectivity index (χ2n) is 6.73. The minimum absolute atomic E-state index is 0.544. The van der Waals surface area contributed by atoms with Crippen LogP contribution in [-0.2, 0) is 0 Å². The van der Waals surface area contributed by atoms with Gasteiger partial charge in [-0.2, -0.15) is 0 Å². The first-order chi connectivity index (χ1) is 10.7. The average molecular weight is 410 g/mol. The molecule has 0 amide bonds. The van der Waals surface area contributed by atoms with Gasteiger partial charge in [-0.25, -0.2) is 0 Å². The summed E-state index contributed by atoms with van der Waals surface area (Å²) in [7, 11) is 0.